The van der Waals surface area contributed by atoms with E-state index in [0.29, 0.717) is 31.9 Å². The summed E-state index contributed by atoms with van der Waals surface area (Å²) < 4.78 is 11.0. The van der Waals surface area contributed by atoms with Crippen molar-refractivity contribution in [2.45, 2.75) is 6.92 Å². The van der Waals surface area contributed by atoms with Crippen molar-refractivity contribution in [2.24, 2.45) is 0 Å². The van der Waals surface area contributed by atoms with Gasteiger partial charge in [-0.2, -0.15) is 0 Å². The van der Waals surface area contributed by atoms with E-state index in [9.17, 15) is 4.79 Å². The summed E-state index contributed by atoms with van der Waals surface area (Å²) in [6.07, 6.45) is 0. The maximum atomic E-state index is 12.5. The summed E-state index contributed by atoms with van der Waals surface area (Å²) >= 11 is 3.45. The summed E-state index contributed by atoms with van der Waals surface area (Å²) in [6.45, 7) is 4.09. The molecule has 0 atom stereocenters. The van der Waals surface area contributed by atoms with Gasteiger partial charge in [0.1, 0.15) is 0 Å². The van der Waals surface area contributed by atoms with Gasteiger partial charge in [0.2, 0.25) is 0 Å². The number of benzene rings is 1. The Morgan fingerprint density at radius 3 is 2.32 bits per heavy atom. The number of ether oxygens (including phenoxy) is 2. The summed E-state index contributed by atoms with van der Waals surface area (Å²) in [4.78, 5) is 14.3. The van der Waals surface area contributed by atoms with Crippen molar-refractivity contribution >= 4 is 21.8 Å². The molecule has 0 spiro atoms. The van der Waals surface area contributed by atoms with Gasteiger partial charge in [0.25, 0.3) is 5.91 Å². The fraction of sp³-hybridized carbons (Fsp3) is 0.500. The maximum absolute atomic E-state index is 12.5. The average Bonchev–Trinajstić information content (AvgIpc) is 2.41. The fourth-order valence-electron chi connectivity index (χ4n) is 1.73. The number of rotatable bonds is 7. The first-order chi connectivity index (χ1) is 9.11. The minimum atomic E-state index is 0.00731. The van der Waals surface area contributed by atoms with Crippen LogP contribution in [0.25, 0.3) is 0 Å². The SMILES string of the molecule is COCCN(CCOC)C(=O)c1cccc(Br)c1C. The fourth-order valence-corrected chi connectivity index (χ4v) is 2.09. The van der Waals surface area contributed by atoms with E-state index in [1.54, 1.807) is 19.1 Å². The van der Waals surface area contributed by atoms with Crippen LogP contribution in [0.5, 0.6) is 0 Å². The monoisotopic (exact) mass is 329 g/mol. The van der Waals surface area contributed by atoms with Crippen LogP contribution >= 0.6 is 15.9 Å². The highest BCUT2D eigenvalue weighted by molar-refractivity contribution is 9.10. The van der Waals surface area contributed by atoms with E-state index < -0.39 is 0 Å². The van der Waals surface area contributed by atoms with Gasteiger partial charge in [0.15, 0.2) is 0 Å². The van der Waals surface area contributed by atoms with E-state index >= 15 is 0 Å². The molecular weight excluding hydrogens is 310 g/mol. The molecule has 0 aromatic heterocycles. The van der Waals surface area contributed by atoms with E-state index in [1.807, 2.05) is 25.1 Å². The van der Waals surface area contributed by atoms with Gasteiger partial charge >= 0.3 is 0 Å². The molecule has 0 bridgehead atoms. The zero-order chi connectivity index (χ0) is 14.3. The molecule has 1 aromatic rings. The molecule has 0 N–H and O–H groups in total. The van der Waals surface area contributed by atoms with Gasteiger partial charge in [-0.05, 0) is 24.6 Å². The molecule has 0 aliphatic carbocycles. The smallest absolute Gasteiger partial charge is 0.254 e. The van der Waals surface area contributed by atoms with Gasteiger partial charge in [-0.25, -0.2) is 0 Å². The Balaban J connectivity index is 2.87. The second kappa shape index (κ2) is 8.30. The topological polar surface area (TPSA) is 38.8 Å². The van der Waals surface area contributed by atoms with Gasteiger partial charge in [-0.15, -0.1) is 0 Å². The van der Waals surface area contributed by atoms with Gasteiger partial charge in [-0.3, -0.25) is 4.79 Å². The Labute approximate surface area is 122 Å². The van der Waals surface area contributed by atoms with E-state index in [2.05, 4.69) is 15.9 Å². The lowest BCUT2D eigenvalue weighted by atomic mass is 10.1. The first-order valence-corrected chi connectivity index (χ1v) is 6.93. The van der Waals surface area contributed by atoms with Crippen LogP contribution in [0.1, 0.15) is 15.9 Å². The third-order valence-corrected chi connectivity index (χ3v) is 3.78. The second-order valence-electron chi connectivity index (χ2n) is 4.19. The second-order valence-corrected chi connectivity index (χ2v) is 5.04. The van der Waals surface area contributed by atoms with Crippen molar-refractivity contribution in [3.8, 4) is 0 Å². The van der Waals surface area contributed by atoms with Crippen LogP contribution in [0, 0.1) is 6.92 Å². The molecule has 19 heavy (non-hydrogen) atoms. The van der Waals surface area contributed by atoms with Gasteiger partial charge < -0.3 is 14.4 Å². The Hall–Kier alpha value is -0.910. The number of nitrogens with zero attached hydrogens (tertiary/aromatic N) is 1. The molecule has 0 heterocycles. The number of carbonyl (C=O) groups is 1. The van der Waals surface area contributed by atoms with Gasteiger partial charge in [-0.1, -0.05) is 22.0 Å². The van der Waals surface area contributed by atoms with Crippen molar-refractivity contribution in [1.29, 1.82) is 0 Å². The largest absolute Gasteiger partial charge is 0.383 e. The highest BCUT2D eigenvalue weighted by Crippen LogP contribution is 2.20. The van der Waals surface area contributed by atoms with Crippen LogP contribution in [-0.4, -0.2) is 51.3 Å². The Morgan fingerprint density at radius 2 is 1.79 bits per heavy atom. The van der Waals surface area contributed by atoms with Gasteiger partial charge in [0.05, 0.1) is 13.2 Å². The van der Waals surface area contributed by atoms with Crippen molar-refractivity contribution in [3.63, 3.8) is 0 Å². The highest BCUT2D eigenvalue weighted by Gasteiger charge is 2.18. The van der Waals surface area contributed by atoms with Crippen molar-refractivity contribution in [2.75, 3.05) is 40.5 Å². The van der Waals surface area contributed by atoms with Crippen molar-refractivity contribution < 1.29 is 14.3 Å². The van der Waals surface area contributed by atoms with Gasteiger partial charge in [0, 0.05) is 37.3 Å². The van der Waals surface area contributed by atoms with E-state index in [0.717, 1.165) is 10.0 Å². The molecule has 1 rings (SSSR count). The Bertz CT molecular complexity index is 415. The predicted octanol–water partition coefficient (Wildman–Crippen LogP) is 2.49. The lowest BCUT2D eigenvalue weighted by Crippen LogP contribution is -2.36. The molecule has 5 heteroatoms. The standard InChI is InChI=1S/C14H20BrNO3/c1-11-12(5-4-6-13(11)15)14(17)16(7-9-18-2)8-10-19-3/h4-6H,7-10H2,1-3H3. The molecule has 1 amide bonds. The van der Waals surface area contributed by atoms with Crippen LogP contribution in [0.15, 0.2) is 22.7 Å². The zero-order valence-electron chi connectivity index (χ0n) is 11.6. The summed E-state index contributed by atoms with van der Waals surface area (Å²) in [7, 11) is 3.26. The van der Waals surface area contributed by atoms with Crippen LogP contribution < -0.4 is 0 Å². The lowest BCUT2D eigenvalue weighted by Gasteiger charge is -2.23. The third kappa shape index (κ3) is 4.60. The molecule has 0 saturated heterocycles. The molecule has 4 nitrogen and oxygen atoms in total. The molecule has 106 valence electrons. The number of halogens is 1. The molecule has 0 aliphatic rings. The molecule has 0 unspecified atom stereocenters. The number of carbonyl (C=O) groups excluding carboxylic acids is 1. The number of hydrogen-bond donors (Lipinski definition) is 0. The van der Waals surface area contributed by atoms with Crippen molar-refractivity contribution in [1.82, 2.24) is 4.90 Å². The number of amides is 1. The molecule has 0 fully saturated rings. The zero-order valence-corrected chi connectivity index (χ0v) is 13.2. The van der Waals surface area contributed by atoms with Crippen LogP contribution in [0.2, 0.25) is 0 Å². The minimum absolute atomic E-state index is 0.00731. The highest BCUT2D eigenvalue weighted by atomic mass is 79.9. The van der Waals surface area contributed by atoms with Crippen LogP contribution in [0.3, 0.4) is 0 Å². The summed E-state index contributed by atoms with van der Waals surface area (Å²) in [6, 6.07) is 5.64. The van der Waals surface area contributed by atoms with Crippen LogP contribution in [-0.2, 0) is 9.47 Å². The molecule has 1 aromatic carbocycles. The van der Waals surface area contributed by atoms with Crippen molar-refractivity contribution in [3.05, 3.63) is 33.8 Å². The predicted molar refractivity (Wildman–Crippen MR) is 78.5 cm³/mol. The van der Waals surface area contributed by atoms with E-state index in [4.69, 9.17) is 9.47 Å². The normalized spacial score (nSPS) is 10.5. The minimum Gasteiger partial charge on any atom is -0.383 e. The first-order valence-electron chi connectivity index (χ1n) is 6.14. The lowest BCUT2D eigenvalue weighted by molar-refractivity contribution is 0.0626. The summed E-state index contributed by atoms with van der Waals surface area (Å²) in [5.41, 5.74) is 1.66. The average molecular weight is 330 g/mol. The van der Waals surface area contributed by atoms with Crippen LogP contribution in [0.4, 0.5) is 0 Å². The van der Waals surface area contributed by atoms with E-state index in [1.165, 1.54) is 0 Å². The molecular formula is C14H20BrNO3. The molecule has 0 aliphatic heterocycles. The molecule has 0 radical (unpaired) electrons. The molecule has 0 saturated carbocycles. The summed E-state index contributed by atoms with van der Waals surface area (Å²) in [5.74, 6) is 0.00731. The van der Waals surface area contributed by atoms with E-state index in [-0.39, 0.29) is 5.91 Å². The maximum Gasteiger partial charge on any atom is 0.254 e. The third-order valence-electron chi connectivity index (χ3n) is 2.92. The first kappa shape index (κ1) is 16.1. The summed E-state index contributed by atoms with van der Waals surface area (Å²) in [5, 5.41) is 0. The quantitative estimate of drug-likeness (QED) is 0.771. The Kier molecular flexibility index (Phi) is 7.05. The Morgan fingerprint density at radius 1 is 1.21 bits per heavy atom. The number of hydrogen-bond acceptors (Lipinski definition) is 3. The number of methoxy groups -OCH3 is 2.